The Balaban J connectivity index is 2.19. The summed E-state index contributed by atoms with van der Waals surface area (Å²) in [7, 11) is 0. The van der Waals surface area contributed by atoms with Gasteiger partial charge in [0.1, 0.15) is 11.8 Å². The second kappa shape index (κ2) is 11.2. The summed E-state index contributed by atoms with van der Waals surface area (Å²) >= 11 is 0. The molecule has 2 aromatic carbocycles. The van der Waals surface area contributed by atoms with Gasteiger partial charge < -0.3 is 15.0 Å². The number of nitrogens with one attached hydrogen (secondary N) is 1. The molecule has 0 radical (unpaired) electrons. The van der Waals surface area contributed by atoms with Gasteiger partial charge in [-0.15, -0.1) is 0 Å². The number of amides is 2. The third kappa shape index (κ3) is 6.63. The Hall–Kier alpha value is -2.82. The molecule has 0 saturated heterocycles. The first kappa shape index (κ1) is 22.5. The van der Waals surface area contributed by atoms with Gasteiger partial charge in [0, 0.05) is 13.1 Å². The molecule has 5 nitrogen and oxygen atoms in total. The highest BCUT2D eigenvalue weighted by atomic mass is 16.5. The van der Waals surface area contributed by atoms with Gasteiger partial charge in [-0.1, -0.05) is 55.8 Å². The molecule has 5 heteroatoms. The van der Waals surface area contributed by atoms with Crippen LogP contribution in [-0.2, 0) is 16.1 Å². The number of hydrogen-bond donors (Lipinski definition) is 1. The van der Waals surface area contributed by atoms with Gasteiger partial charge in [0.2, 0.25) is 5.91 Å². The zero-order chi connectivity index (χ0) is 21.2. The molecule has 0 aromatic heterocycles. The summed E-state index contributed by atoms with van der Waals surface area (Å²) in [4.78, 5) is 27.5. The van der Waals surface area contributed by atoms with Crippen LogP contribution in [0, 0.1) is 13.8 Å². The molecule has 2 aromatic rings. The summed E-state index contributed by atoms with van der Waals surface area (Å²) in [6.45, 7) is 8.81. The summed E-state index contributed by atoms with van der Waals surface area (Å²) in [5.74, 6) is 0.322. The van der Waals surface area contributed by atoms with Crippen molar-refractivity contribution >= 4 is 11.8 Å². The topological polar surface area (TPSA) is 58.6 Å². The Bertz CT molecular complexity index is 802. The van der Waals surface area contributed by atoms with Crippen molar-refractivity contribution in [2.24, 2.45) is 0 Å². The first-order valence-corrected chi connectivity index (χ1v) is 10.3. The average molecular weight is 397 g/mol. The molecule has 0 spiro atoms. The monoisotopic (exact) mass is 396 g/mol. The van der Waals surface area contributed by atoms with Gasteiger partial charge in [0.15, 0.2) is 6.61 Å². The van der Waals surface area contributed by atoms with E-state index in [-0.39, 0.29) is 18.4 Å². The maximum Gasteiger partial charge on any atom is 0.261 e. The van der Waals surface area contributed by atoms with E-state index < -0.39 is 6.04 Å². The van der Waals surface area contributed by atoms with Gasteiger partial charge in [0.05, 0.1) is 0 Å². The number of nitrogens with zero attached hydrogens (tertiary/aromatic N) is 1. The average Bonchev–Trinajstić information content (AvgIpc) is 2.72. The number of aryl methyl sites for hydroxylation is 2. The van der Waals surface area contributed by atoms with E-state index in [1.165, 1.54) is 0 Å². The van der Waals surface area contributed by atoms with Crippen molar-refractivity contribution in [3.05, 3.63) is 65.2 Å². The van der Waals surface area contributed by atoms with Crippen LogP contribution in [0.2, 0.25) is 0 Å². The lowest BCUT2D eigenvalue weighted by Crippen LogP contribution is -2.50. The molecule has 1 atom stereocenters. The van der Waals surface area contributed by atoms with Crippen LogP contribution in [0.5, 0.6) is 5.75 Å². The lowest BCUT2D eigenvalue weighted by atomic mass is 10.1. The minimum atomic E-state index is -0.532. The van der Waals surface area contributed by atoms with Crippen molar-refractivity contribution in [3.8, 4) is 5.75 Å². The zero-order valence-corrected chi connectivity index (χ0v) is 17.9. The molecule has 0 unspecified atom stereocenters. The molecule has 29 heavy (non-hydrogen) atoms. The third-order valence-corrected chi connectivity index (χ3v) is 4.92. The maximum absolute atomic E-state index is 13.1. The Labute approximate surface area is 174 Å². The van der Waals surface area contributed by atoms with Gasteiger partial charge in [-0.05, 0) is 49.9 Å². The Morgan fingerprint density at radius 3 is 2.34 bits per heavy atom. The fraction of sp³-hybridized carbons (Fsp3) is 0.417. The molecule has 0 aliphatic rings. The quantitative estimate of drug-likeness (QED) is 0.660. The Kier molecular flexibility index (Phi) is 8.71. The SMILES string of the molecule is CCCNC(=O)[C@@H](CC)N(Cc1ccccc1C)C(=O)COc1ccc(C)cc1. The van der Waals surface area contributed by atoms with E-state index in [9.17, 15) is 9.59 Å². The molecule has 1 N–H and O–H groups in total. The van der Waals surface area contributed by atoms with Crippen LogP contribution in [0.4, 0.5) is 0 Å². The van der Waals surface area contributed by atoms with Gasteiger partial charge >= 0.3 is 0 Å². The number of rotatable bonds is 10. The normalized spacial score (nSPS) is 11.6. The second-order valence-electron chi connectivity index (χ2n) is 7.26. The fourth-order valence-electron chi connectivity index (χ4n) is 3.12. The highest BCUT2D eigenvalue weighted by molar-refractivity contribution is 5.88. The summed E-state index contributed by atoms with van der Waals surface area (Å²) < 4.78 is 5.70. The van der Waals surface area contributed by atoms with E-state index in [2.05, 4.69) is 5.32 Å². The second-order valence-corrected chi connectivity index (χ2v) is 7.26. The van der Waals surface area contributed by atoms with E-state index in [1.807, 2.05) is 76.2 Å². The predicted octanol–water partition coefficient (Wildman–Crippen LogP) is 4.02. The van der Waals surface area contributed by atoms with Crippen LogP contribution in [0.15, 0.2) is 48.5 Å². The molecule has 0 aliphatic carbocycles. The number of ether oxygens (including phenoxy) is 1. The maximum atomic E-state index is 13.1. The molecule has 0 bridgehead atoms. The van der Waals surface area contributed by atoms with Crippen LogP contribution in [-0.4, -0.2) is 35.9 Å². The molecule has 0 heterocycles. The van der Waals surface area contributed by atoms with Crippen LogP contribution < -0.4 is 10.1 Å². The number of hydrogen-bond acceptors (Lipinski definition) is 3. The lowest BCUT2D eigenvalue weighted by molar-refractivity contribution is -0.143. The number of carbonyl (C=O) groups excluding carboxylic acids is 2. The van der Waals surface area contributed by atoms with Crippen molar-refractivity contribution in [3.63, 3.8) is 0 Å². The van der Waals surface area contributed by atoms with Gasteiger partial charge in [-0.3, -0.25) is 9.59 Å². The van der Waals surface area contributed by atoms with Crippen LogP contribution >= 0.6 is 0 Å². The van der Waals surface area contributed by atoms with E-state index in [0.29, 0.717) is 25.3 Å². The van der Waals surface area contributed by atoms with Crippen LogP contribution in [0.3, 0.4) is 0 Å². The summed E-state index contributed by atoms with van der Waals surface area (Å²) in [5.41, 5.74) is 3.25. The number of benzene rings is 2. The van der Waals surface area contributed by atoms with E-state index in [0.717, 1.165) is 23.1 Å². The molecule has 0 fully saturated rings. The van der Waals surface area contributed by atoms with Crippen molar-refractivity contribution in [1.82, 2.24) is 10.2 Å². The summed E-state index contributed by atoms with van der Waals surface area (Å²) in [6, 6.07) is 15.0. The van der Waals surface area contributed by atoms with Crippen molar-refractivity contribution in [1.29, 1.82) is 0 Å². The zero-order valence-electron chi connectivity index (χ0n) is 17.9. The standard InChI is InChI=1S/C24H32N2O3/c1-5-15-25-24(28)22(6-2)26(16-20-10-8-7-9-19(20)4)23(27)17-29-21-13-11-18(3)12-14-21/h7-14,22H,5-6,15-17H2,1-4H3,(H,25,28)/t22-/m1/s1. The van der Waals surface area contributed by atoms with Gasteiger partial charge in [-0.2, -0.15) is 0 Å². The van der Waals surface area contributed by atoms with E-state index in [1.54, 1.807) is 4.90 Å². The van der Waals surface area contributed by atoms with Gasteiger partial charge in [0.25, 0.3) is 5.91 Å². The smallest absolute Gasteiger partial charge is 0.261 e. The largest absolute Gasteiger partial charge is 0.484 e. The molecule has 156 valence electrons. The van der Waals surface area contributed by atoms with Crippen molar-refractivity contribution in [2.45, 2.75) is 53.1 Å². The van der Waals surface area contributed by atoms with Crippen LogP contribution in [0.1, 0.15) is 43.4 Å². The summed E-state index contributed by atoms with van der Waals surface area (Å²) in [5, 5.41) is 2.93. The molecule has 0 saturated carbocycles. The highest BCUT2D eigenvalue weighted by Gasteiger charge is 2.29. The molecular weight excluding hydrogens is 364 g/mol. The predicted molar refractivity (Wildman–Crippen MR) is 116 cm³/mol. The molecule has 2 rings (SSSR count). The lowest BCUT2D eigenvalue weighted by Gasteiger charge is -2.31. The molecule has 0 aliphatic heterocycles. The first-order valence-electron chi connectivity index (χ1n) is 10.3. The van der Waals surface area contributed by atoms with Crippen LogP contribution in [0.25, 0.3) is 0 Å². The van der Waals surface area contributed by atoms with E-state index in [4.69, 9.17) is 4.74 Å². The van der Waals surface area contributed by atoms with Crippen molar-refractivity contribution < 1.29 is 14.3 Å². The molecular formula is C24H32N2O3. The first-order chi connectivity index (χ1) is 14.0. The third-order valence-electron chi connectivity index (χ3n) is 4.92. The minimum Gasteiger partial charge on any atom is -0.484 e. The fourth-order valence-corrected chi connectivity index (χ4v) is 3.12. The Morgan fingerprint density at radius 2 is 1.72 bits per heavy atom. The minimum absolute atomic E-state index is 0.105. The van der Waals surface area contributed by atoms with E-state index >= 15 is 0 Å². The van der Waals surface area contributed by atoms with Crippen molar-refractivity contribution in [2.75, 3.05) is 13.2 Å². The number of carbonyl (C=O) groups is 2. The highest BCUT2D eigenvalue weighted by Crippen LogP contribution is 2.17. The summed E-state index contributed by atoms with van der Waals surface area (Å²) in [6.07, 6.45) is 1.39. The Morgan fingerprint density at radius 1 is 1.03 bits per heavy atom. The molecule has 2 amide bonds. The van der Waals surface area contributed by atoms with Gasteiger partial charge in [-0.25, -0.2) is 0 Å².